The van der Waals surface area contributed by atoms with Crippen LogP contribution in [0.5, 0.6) is 11.5 Å². The van der Waals surface area contributed by atoms with E-state index in [1.807, 2.05) is 17.5 Å². The molecular formula is C27H26N2O5S. The number of nitrogens with zero attached hydrogens (tertiary/aromatic N) is 1. The van der Waals surface area contributed by atoms with Crippen LogP contribution in [0, 0.1) is 0 Å². The molecular weight excluding hydrogens is 464 g/mol. The van der Waals surface area contributed by atoms with Gasteiger partial charge in [0.05, 0.1) is 33.4 Å². The van der Waals surface area contributed by atoms with E-state index in [1.165, 1.54) is 11.3 Å². The molecule has 0 aliphatic heterocycles. The highest BCUT2D eigenvalue weighted by Crippen LogP contribution is 2.29. The Hall–Kier alpha value is -4.04. The van der Waals surface area contributed by atoms with Gasteiger partial charge in [0.1, 0.15) is 23.3 Å². The van der Waals surface area contributed by atoms with E-state index >= 15 is 0 Å². The van der Waals surface area contributed by atoms with E-state index in [2.05, 4.69) is 5.32 Å². The average molecular weight is 491 g/mol. The fraction of sp³-hybridized carbons (Fsp3) is 0.185. The van der Waals surface area contributed by atoms with Crippen molar-refractivity contribution in [3.63, 3.8) is 0 Å². The first-order valence-electron chi connectivity index (χ1n) is 11.0. The number of nitrogens with one attached hydrogen (secondary N) is 1. The number of rotatable bonds is 10. The smallest absolute Gasteiger partial charge is 0.251 e. The summed E-state index contributed by atoms with van der Waals surface area (Å²) in [6, 6.07) is 20.6. The summed E-state index contributed by atoms with van der Waals surface area (Å²) in [4.78, 5) is 29.8. The first-order chi connectivity index (χ1) is 17.1. The van der Waals surface area contributed by atoms with E-state index in [4.69, 9.17) is 13.9 Å². The fourth-order valence-electron chi connectivity index (χ4n) is 3.70. The number of benzene rings is 2. The van der Waals surface area contributed by atoms with Gasteiger partial charge in [-0.05, 0) is 65.5 Å². The number of carbonyl (C=O) groups is 2. The Morgan fingerprint density at radius 1 is 0.943 bits per heavy atom. The Labute approximate surface area is 207 Å². The number of hydrogen-bond donors (Lipinski definition) is 1. The normalized spacial score (nSPS) is 11.5. The van der Waals surface area contributed by atoms with Crippen LogP contribution in [0.3, 0.4) is 0 Å². The minimum Gasteiger partial charge on any atom is -0.497 e. The van der Waals surface area contributed by atoms with Gasteiger partial charge in [-0.25, -0.2) is 0 Å². The van der Waals surface area contributed by atoms with Gasteiger partial charge < -0.3 is 24.1 Å². The second-order valence-corrected chi connectivity index (χ2v) is 8.78. The number of methoxy groups -OCH3 is 2. The van der Waals surface area contributed by atoms with Crippen LogP contribution < -0.4 is 14.8 Å². The summed E-state index contributed by atoms with van der Waals surface area (Å²) in [6.07, 6.45) is 1.73. The van der Waals surface area contributed by atoms with E-state index in [0.717, 1.165) is 4.88 Å². The number of hydrogen-bond acceptors (Lipinski definition) is 6. The molecule has 0 saturated heterocycles. The third-order valence-electron chi connectivity index (χ3n) is 5.48. The summed E-state index contributed by atoms with van der Waals surface area (Å²) in [5, 5.41) is 4.87. The Kier molecular flexibility index (Phi) is 7.84. The van der Waals surface area contributed by atoms with Crippen molar-refractivity contribution in [1.82, 2.24) is 4.90 Å². The number of carbonyl (C=O) groups excluding carboxylic acids is 2. The largest absolute Gasteiger partial charge is 0.497 e. The van der Waals surface area contributed by atoms with E-state index in [-0.39, 0.29) is 24.8 Å². The van der Waals surface area contributed by atoms with Crippen LogP contribution in [-0.2, 0) is 22.6 Å². The maximum Gasteiger partial charge on any atom is 0.251 e. The summed E-state index contributed by atoms with van der Waals surface area (Å²) in [6.45, 7) is 0.143. The summed E-state index contributed by atoms with van der Waals surface area (Å²) >= 11 is 1.50. The first-order valence-corrected chi connectivity index (χ1v) is 11.9. The molecule has 4 rings (SSSR count). The van der Waals surface area contributed by atoms with Crippen molar-refractivity contribution in [3.8, 4) is 11.5 Å². The highest BCUT2D eigenvalue weighted by molar-refractivity contribution is 7.10. The lowest BCUT2D eigenvalue weighted by atomic mass is 10.0. The number of ether oxygens (including phenoxy) is 2. The topological polar surface area (TPSA) is 81.0 Å². The van der Waals surface area contributed by atoms with Gasteiger partial charge in [-0.2, -0.15) is 0 Å². The van der Waals surface area contributed by atoms with Crippen molar-refractivity contribution in [2.75, 3.05) is 19.5 Å². The number of amides is 2. The maximum atomic E-state index is 13.7. The van der Waals surface area contributed by atoms with Crippen LogP contribution in [0.1, 0.15) is 22.2 Å². The van der Waals surface area contributed by atoms with Crippen LogP contribution in [0.4, 0.5) is 5.69 Å². The molecule has 0 bridgehead atoms. The Morgan fingerprint density at radius 2 is 1.63 bits per heavy atom. The summed E-state index contributed by atoms with van der Waals surface area (Å²) in [7, 11) is 3.16. The second kappa shape index (κ2) is 11.4. The van der Waals surface area contributed by atoms with Gasteiger partial charge >= 0.3 is 0 Å². The molecule has 1 atom stereocenters. The molecule has 8 heteroatoms. The van der Waals surface area contributed by atoms with Gasteiger partial charge in [-0.3, -0.25) is 9.59 Å². The summed E-state index contributed by atoms with van der Waals surface area (Å²) in [5.41, 5.74) is 1.25. The SMILES string of the molecule is COc1ccc(NC(=O)[C@H](c2ccc(OC)cc2)N(Cc2ccco2)C(=O)Cc2cccs2)cc1. The van der Waals surface area contributed by atoms with E-state index in [0.29, 0.717) is 28.5 Å². The lowest BCUT2D eigenvalue weighted by Crippen LogP contribution is -2.41. The van der Waals surface area contributed by atoms with E-state index < -0.39 is 6.04 Å². The molecule has 0 aliphatic carbocycles. The minimum atomic E-state index is -0.902. The summed E-state index contributed by atoms with van der Waals surface area (Å²) < 4.78 is 16.0. The lowest BCUT2D eigenvalue weighted by molar-refractivity contribution is -0.139. The number of thiophene rings is 1. The number of furan rings is 1. The predicted octanol–water partition coefficient (Wildman–Crippen LogP) is 5.31. The zero-order chi connectivity index (χ0) is 24.6. The molecule has 0 unspecified atom stereocenters. The molecule has 2 aromatic carbocycles. The molecule has 0 aliphatic rings. The molecule has 2 amide bonds. The van der Waals surface area contributed by atoms with E-state index in [9.17, 15) is 9.59 Å². The summed E-state index contributed by atoms with van der Waals surface area (Å²) in [5.74, 6) is 1.40. The first kappa shape index (κ1) is 24.1. The molecule has 0 fully saturated rings. The van der Waals surface area contributed by atoms with Gasteiger partial charge in [-0.1, -0.05) is 18.2 Å². The Bertz CT molecular complexity index is 1220. The molecule has 180 valence electrons. The van der Waals surface area contributed by atoms with Crippen molar-refractivity contribution in [2.24, 2.45) is 0 Å². The molecule has 2 heterocycles. The van der Waals surface area contributed by atoms with Crippen LogP contribution in [0.2, 0.25) is 0 Å². The molecule has 1 N–H and O–H groups in total. The van der Waals surface area contributed by atoms with Gasteiger partial charge in [0.25, 0.3) is 5.91 Å². The van der Waals surface area contributed by atoms with Crippen LogP contribution >= 0.6 is 11.3 Å². The Morgan fingerprint density at radius 3 is 2.20 bits per heavy atom. The van der Waals surface area contributed by atoms with Crippen LogP contribution in [-0.4, -0.2) is 30.9 Å². The van der Waals surface area contributed by atoms with Gasteiger partial charge in [0.2, 0.25) is 5.91 Å². The zero-order valence-corrected chi connectivity index (χ0v) is 20.3. The fourth-order valence-corrected chi connectivity index (χ4v) is 4.40. The van der Waals surface area contributed by atoms with Gasteiger partial charge in [0.15, 0.2) is 0 Å². The van der Waals surface area contributed by atoms with Crippen molar-refractivity contribution in [2.45, 2.75) is 19.0 Å². The van der Waals surface area contributed by atoms with Crippen molar-refractivity contribution in [3.05, 3.63) is 101 Å². The standard InChI is InChI=1S/C27H26N2O5S/c1-32-21-11-7-19(8-12-21)26(27(31)28-20-9-13-22(33-2)14-10-20)29(18-23-5-3-15-34-23)25(30)17-24-6-4-16-35-24/h3-16,26H,17-18H2,1-2H3,(H,28,31)/t26-/m0/s1. The highest BCUT2D eigenvalue weighted by atomic mass is 32.1. The number of anilines is 1. The minimum absolute atomic E-state index is 0.143. The van der Waals surface area contributed by atoms with Crippen LogP contribution in [0.25, 0.3) is 0 Å². The second-order valence-electron chi connectivity index (χ2n) is 7.75. The van der Waals surface area contributed by atoms with Crippen LogP contribution in [0.15, 0.2) is 88.9 Å². The van der Waals surface area contributed by atoms with Gasteiger partial charge in [-0.15, -0.1) is 11.3 Å². The molecule has 0 saturated carbocycles. The van der Waals surface area contributed by atoms with Crippen molar-refractivity contribution < 1.29 is 23.5 Å². The molecule has 7 nitrogen and oxygen atoms in total. The third kappa shape index (κ3) is 6.10. The monoisotopic (exact) mass is 490 g/mol. The van der Waals surface area contributed by atoms with Crippen molar-refractivity contribution in [1.29, 1.82) is 0 Å². The predicted molar refractivity (Wildman–Crippen MR) is 135 cm³/mol. The third-order valence-corrected chi connectivity index (χ3v) is 6.36. The molecule has 2 aromatic heterocycles. The maximum absolute atomic E-state index is 13.7. The zero-order valence-electron chi connectivity index (χ0n) is 19.5. The lowest BCUT2D eigenvalue weighted by Gasteiger charge is -2.31. The average Bonchev–Trinajstić information content (AvgIpc) is 3.59. The molecule has 4 aromatic rings. The molecule has 0 spiro atoms. The van der Waals surface area contributed by atoms with Gasteiger partial charge in [0, 0.05) is 10.6 Å². The van der Waals surface area contributed by atoms with E-state index in [1.54, 1.807) is 86.0 Å². The molecule has 0 radical (unpaired) electrons. The highest BCUT2D eigenvalue weighted by Gasteiger charge is 2.32. The quantitative estimate of drug-likeness (QED) is 0.326. The molecule has 35 heavy (non-hydrogen) atoms. The Balaban J connectivity index is 1.70. The van der Waals surface area contributed by atoms with Crippen molar-refractivity contribution >= 4 is 28.8 Å².